The summed E-state index contributed by atoms with van der Waals surface area (Å²) in [6.07, 6.45) is 0.933. The van der Waals surface area contributed by atoms with Gasteiger partial charge in [-0.15, -0.1) is 12.4 Å². The highest BCUT2D eigenvalue weighted by Gasteiger charge is 2.03. The van der Waals surface area contributed by atoms with Crippen LogP contribution in [0.1, 0.15) is 18.1 Å². The number of aryl methyl sites for hydroxylation is 2. The monoisotopic (exact) mass is 222 g/mol. The Morgan fingerprint density at radius 2 is 2.07 bits per heavy atom. The van der Waals surface area contributed by atoms with E-state index in [1.165, 1.54) is 10.9 Å². The summed E-state index contributed by atoms with van der Waals surface area (Å²) in [4.78, 5) is 4.42. The van der Waals surface area contributed by atoms with Crippen LogP contribution in [0.5, 0.6) is 0 Å². The summed E-state index contributed by atoms with van der Waals surface area (Å²) in [7, 11) is 0. The van der Waals surface area contributed by atoms with E-state index < -0.39 is 0 Å². The minimum atomic E-state index is 0. The van der Waals surface area contributed by atoms with Crippen LogP contribution in [0.15, 0.2) is 24.3 Å². The van der Waals surface area contributed by atoms with Gasteiger partial charge in [-0.2, -0.15) is 0 Å². The summed E-state index contributed by atoms with van der Waals surface area (Å²) < 4.78 is 0. The number of benzene rings is 1. The molecule has 0 aliphatic carbocycles. The van der Waals surface area contributed by atoms with Crippen LogP contribution in [-0.2, 0) is 6.42 Å². The molecule has 0 aliphatic rings. The minimum Gasteiger partial charge on any atom is -0.383 e. The molecular formula is C12H15ClN2. The highest BCUT2D eigenvalue weighted by molar-refractivity contribution is 5.85. The topological polar surface area (TPSA) is 38.9 Å². The Morgan fingerprint density at radius 1 is 1.33 bits per heavy atom. The predicted octanol–water partition coefficient (Wildman–Crippen LogP) is 3.11. The van der Waals surface area contributed by atoms with Crippen LogP contribution < -0.4 is 5.73 Å². The van der Waals surface area contributed by atoms with Gasteiger partial charge in [0.2, 0.25) is 0 Å². The molecule has 0 unspecified atom stereocenters. The van der Waals surface area contributed by atoms with Crippen LogP contribution >= 0.6 is 12.4 Å². The fourth-order valence-corrected chi connectivity index (χ4v) is 1.69. The molecule has 0 bridgehead atoms. The number of nitrogen functional groups attached to an aromatic ring is 1. The second kappa shape index (κ2) is 4.49. The van der Waals surface area contributed by atoms with E-state index in [1.807, 2.05) is 0 Å². The van der Waals surface area contributed by atoms with Gasteiger partial charge in [0.15, 0.2) is 0 Å². The second-order valence-electron chi connectivity index (χ2n) is 3.53. The molecule has 15 heavy (non-hydrogen) atoms. The number of aromatic nitrogens is 1. The summed E-state index contributed by atoms with van der Waals surface area (Å²) in [5, 5.41) is 1.18. The largest absolute Gasteiger partial charge is 0.383 e. The van der Waals surface area contributed by atoms with Crippen molar-refractivity contribution in [2.75, 3.05) is 5.73 Å². The summed E-state index contributed by atoms with van der Waals surface area (Å²) in [5.74, 6) is 0.661. The van der Waals surface area contributed by atoms with Crippen LogP contribution in [0, 0.1) is 6.92 Å². The molecule has 2 N–H and O–H groups in total. The maximum Gasteiger partial charge on any atom is 0.127 e. The lowest BCUT2D eigenvalue weighted by atomic mass is 10.1. The third-order valence-electron chi connectivity index (χ3n) is 2.54. The molecule has 1 heterocycles. The number of nitrogens with zero attached hydrogens (tertiary/aromatic N) is 1. The van der Waals surface area contributed by atoms with Crippen molar-refractivity contribution in [2.24, 2.45) is 0 Å². The molecule has 2 aromatic rings. The molecule has 0 spiro atoms. The van der Waals surface area contributed by atoms with E-state index in [0.717, 1.165) is 17.5 Å². The zero-order valence-corrected chi connectivity index (χ0v) is 9.77. The number of nitrogens with two attached hydrogens (primary N) is 1. The second-order valence-corrected chi connectivity index (χ2v) is 3.53. The van der Waals surface area contributed by atoms with Gasteiger partial charge < -0.3 is 5.73 Å². The minimum absolute atomic E-state index is 0. The molecule has 2 nitrogen and oxygen atoms in total. The van der Waals surface area contributed by atoms with E-state index in [0.29, 0.717) is 5.82 Å². The van der Waals surface area contributed by atoms with Crippen molar-refractivity contribution >= 4 is 29.1 Å². The van der Waals surface area contributed by atoms with Crippen LogP contribution in [0.25, 0.3) is 10.9 Å². The van der Waals surface area contributed by atoms with E-state index in [1.54, 1.807) is 0 Å². The average Bonchev–Trinajstić information content (AvgIpc) is 2.19. The van der Waals surface area contributed by atoms with Crippen molar-refractivity contribution in [3.8, 4) is 0 Å². The fourth-order valence-electron chi connectivity index (χ4n) is 1.69. The third kappa shape index (κ3) is 2.05. The zero-order valence-electron chi connectivity index (χ0n) is 8.95. The van der Waals surface area contributed by atoms with Crippen LogP contribution in [0.3, 0.4) is 0 Å². The van der Waals surface area contributed by atoms with Gasteiger partial charge in [0, 0.05) is 5.39 Å². The highest BCUT2D eigenvalue weighted by Crippen LogP contribution is 2.21. The first kappa shape index (κ1) is 11.8. The first-order chi connectivity index (χ1) is 6.72. The number of anilines is 1. The molecular weight excluding hydrogens is 208 g/mol. The van der Waals surface area contributed by atoms with Gasteiger partial charge in [-0.05, 0) is 30.5 Å². The quantitative estimate of drug-likeness (QED) is 0.805. The van der Waals surface area contributed by atoms with Crippen molar-refractivity contribution in [3.05, 3.63) is 35.4 Å². The van der Waals surface area contributed by atoms with Gasteiger partial charge in [0.05, 0.1) is 5.52 Å². The Hall–Kier alpha value is -1.28. The van der Waals surface area contributed by atoms with Crippen molar-refractivity contribution < 1.29 is 0 Å². The maximum absolute atomic E-state index is 5.85. The van der Waals surface area contributed by atoms with Gasteiger partial charge in [-0.1, -0.05) is 25.1 Å². The van der Waals surface area contributed by atoms with Crippen molar-refractivity contribution in [2.45, 2.75) is 20.3 Å². The number of halogens is 1. The Labute approximate surface area is 95.9 Å². The summed E-state index contributed by atoms with van der Waals surface area (Å²) in [6, 6.07) is 8.31. The maximum atomic E-state index is 5.85. The molecule has 0 saturated heterocycles. The molecule has 0 atom stereocenters. The van der Waals surface area contributed by atoms with E-state index in [2.05, 4.69) is 43.1 Å². The molecule has 0 radical (unpaired) electrons. The van der Waals surface area contributed by atoms with Crippen LogP contribution in [0.4, 0.5) is 5.82 Å². The van der Waals surface area contributed by atoms with E-state index in [-0.39, 0.29) is 12.4 Å². The first-order valence-corrected chi connectivity index (χ1v) is 4.87. The standard InChI is InChI=1S/C12H14N2.ClH/c1-3-9-7-10-6-4-5-8(2)11(10)14-12(9)13;/h4-7H,3H2,1-2H3,(H2,13,14);1H. The third-order valence-corrected chi connectivity index (χ3v) is 2.54. The molecule has 3 heteroatoms. The van der Waals surface area contributed by atoms with Gasteiger partial charge in [-0.3, -0.25) is 0 Å². The molecule has 1 aromatic heterocycles. The predicted molar refractivity (Wildman–Crippen MR) is 67.5 cm³/mol. The van der Waals surface area contributed by atoms with Gasteiger partial charge in [0.1, 0.15) is 5.82 Å². The Bertz CT molecular complexity index is 480. The number of fused-ring (bicyclic) bond motifs is 1. The molecule has 0 aliphatic heterocycles. The molecule has 1 aromatic carbocycles. The molecule has 2 rings (SSSR count). The van der Waals surface area contributed by atoms with Crippen molar-refractivity contribution in [1.29, 1.82) is 0 Å². The molecule has 0 amide bonds. The number of para-hydroxylation sites is 1. The van der Waals surface area contributed by atoms with E-state index >= 15 is 0 Å². The molecule has 80 valence electrons. The summed E-state index contributed by atoms with van der Waals surface area (Å²) in [5.41, 5.74) is 9.18. The number of hydrogen-bond acceptors (Lipinski definition) is 2. The first-order valence-electron chi connectivity index (χ1n) is 4.87. The number of hydrogen-bond donors (Lipinski definition) is 1. The smallest absolute Gasteiger partial charge is 0.127 e. The van der Waals surface area contributed by atoms with Gasteiger partial charge in [-0.25, -0.2) is 4.98 Å². The zero-order chi connectivity index (χ0) is 10.1. The fraction of sp³-hybridized carbons (Fsp3) is 0.250. The normalized spacial score (nSPS) is 10.0. The average molecular weight is 223 g/mol. The highest BCUT2D eigenvalue weighted by atomic mass is 35.5. The van der Waals surface area contributed by atoms with Gasteiger partial charge >= 0.3 is 0 Å². The SMILES string of the molecule is CCc1cc2cccc(C)c2nc1N.Cl. The van der Waals surface area contributed by atoms with Crippen molar-refractivity contribution in [3.63, 3.8) is 0 Å². The lowest BCUT2D eigenvalue weighted by molar-refractivity contribution is 1.13. The van der Waals surface area contributed by atoms with Crippen LogP contribution in [0.2, 0.25) is 0 Å². The lowest BCUT2D eigenvalue weighted by Gasteiger charge is -2.06. The van der Waals surface area contributed by atoms with E-state index in [4.69, 9.17) is 5.73 Å². The van der Waals surface area contributed by atoms with E-state index in [9.17, 15) is 0 Å². The Kier molecular flexibility index (Phi) is 3.53. The number of pyridine rings is 1. The molecule has 0 fully saturated rings. The lowest BCUT2D eigenvalue weighted by Crippen LogP contribution is -1.97. The number of rotatable bonds is 1. The molecule has 0 saturated carbocycles. The van der Waals surface area contributed by atoms with Crippen LogP contribution in [-0.4, -0.2) is 4.98 Å². The summed E-state index contributed by atoms with van der Waals surface area (Å²) in [6.45, 7) is 4.15. The Balaban J connectivity index is 0.00000112. The summed E-state index contributed by atoms with van der Waals surface area (Å²) >= 11 is 0. The van der Waals surface area contributed by atoms with Crippen molar-refractivity contribution in [1.82, 2.24) is 4.98 Å². The Morgan fingerprint density at radius 3 is 2.73 bits per heavy atom. The van der Waals surface area contributed by atoms with Gasteiger partial charge in [0.25, 0.3) is 0 Å².